The van der Waals surface area contributed by atoms with Crippen LogP contribution >= 0.6 is 0 Å². The van der Waals surface area contributed by atoms with E-state index < -0.39 is 0 Å². The molecule has 0 unspecified atom stereocenters. The molecule has 1 N–H and O–H groups in total. The standard InChI is InChI=1S/C31H39N3O2/c1-31(2,3)27-15-17-28(18-16-27)36-24-10-19-32-30(35)34-22-20-33(21-23-34)29(25-11-6-4-7-12-25)26-13-8-5-9-14-26/h4-9,11-18,29H,10,19-24H2,1-3H3,(H,32,35). The van der Waals surface area contributed by atoms with Crippen LogP contribution in [0.15, 0.2) is 84.9 Å². The van der Waals surface area contributed by atoms with Crippen LogP contribution < -0.4 is 10.1 Å². The average molecular weight is 486 g/mol. The second-order valence-electron chi connectivity index (χ2n) is 10.5. The van der Waals surface area contributed by atoms with Gasteiger partial charge in [-0.25, -0.2) is 4.79 Å². The van der Waals surface area contributed by atoms with Crippen molar-refractivity contribution in [3.63, 3.8) is 0 Å². The Morgan fingerprint density at radius 3 is 1.92 bits per heavy atom. The van der Waals surface area contributed by atoms with Crippen molar-refractivity contribution in [2.45, 2.75) is 38.6 Å². The predicted molar refractivity (Wildman–Crippen MR) is 147 cm³/mol. The van der Waals surface area contributed by atoms with E-state index in [0.717, 1.165) is 38.3 Å². The normalized spacial score (nSPS) is 14.6. The molecule has 3 aromatic carbocycles. The lowest BCUT2D eigenvalue weighted by Gasteiger charge is -2.39. The van der Waals surface area contributed by atoms with Crippen molar-refractivity contribution in [3.05, 3.63) is 102 Å². The third kappa shape index (κ3) is 6.88. The molecule has 5 heteroatoms. The third-order valence-corrected chi connectivity index (χ3v) is 6.78. The molecule has 1 heterocycles. The molecule has 1 aliphatic rings. The van der Waals surface area contributed by atoms with Crippen LogP contribution in [0.4, 0.5) is 4.79 Å². The van der Waals surface area contributed by atoms with Crippen LogP contribution in [0.2, 0.25) is 0 Å². The minimum absolute atomic E-state index is 0.0140. The number of rotatable bonds is 8. The van der Waals surface area contributed by atoms with Crippen molar-refractivity contribution in [2.24, 2.45) is 0 Å². The van der Waals surface area contributed by atoms with Crippen molar-refractivity contribution < 1.29 is 9.53 Å². The average Bonchev–Trinajstić information content (AvgIpc) is 2.90. The van der Waals surface area contributed by atoms with Crippen LogP contribution in [0, 0.1) is 0 Å². The van der Waals surface area contributed by atoms with Gasteiger partial charge in [0, 0.05) is 32.7 Å². The van der Waals surface area contributed by atoms with Gasteiger partial charge < -0.3 is 15.0 Å². The summed E-state index contributed by atoms with van der Waals surface area (Å²) in [6.45, 7) is 10.9. The zero-order valence-corrected chi connectivity index (χ0v) is 21.8. The first-order chi connectivity index (χ1) is 17.4. The Kier molecular flexibility index (Phi) is 8.65. The van der Waals surface area contributed by atoms with Gasteiger partial charge in [-0.15, -0.1) is 0 Å². The fourth-order valence-corrected chi connectivity index (χ4v) is 4.69. The predicted octanol–water partition coefficient (Wildman–Crippen LogP) is 5.87. The van der Waals surface area contributed by atoms with Crippen LogP contribution in [0.3, 0.4) is 0 Å². The first-order valence-electron chi connectivity index (χ1n) is 13.0. The number of hydrogen-bond acceptors (Lipinski definition) is 3. The summed E-state index contributed by atoms with van der Waals surface area (Å²) in [5.74, 6) is 0.872. The Morgan fingerprint density at radius 1 is 0.833 bits per heavy atom. The zero-order chi connectivity index (χ0) is 25.4. The lowest BCUT2D eigenvalue weighted by molar-refractivity contribution is 0.120. The van der Waals surface area contributed by atoms with E-state index in [9.17, 15) is 4.79 Å². The second kappa shape index (κ2) is 12.1. The highest BCUT2D eigenvalue weighted by molar-refractivity contribution is 5.74. The summed E-state index contributed by atoms with van der Waals surface area (Å²) in [5.41, 5.74) is 4.00. The minimum Gasteiger partial charge on any atom is -0.494 e. The summed E-state index contributed by atoms with van der Waals surface area (Å²) in [7, 11) is 0. The molecule has 0 aliphatic carbocycles. The molecule has 0 bridgehead atoms. The first kappa shape index (κ1) is 25.8. The Hall–Kier alpha value is -3.31. The van der Waals surface area contributed by atoms with E-state index in [1.807, 2.05) is 17.0 Å². The van der Waals surface area contributed by atoms with Gasteiger partial charge in [0.1, 0.15) is 5.75 Å². The van der Waals surface area contributed by atoms with Crippen LogP contribution in [0.5, 0.6) is 5.75 Å². The highest BCUT2D eigenvalue weighted by Gasteiger charge is 2.28. The van der Waals surface area contributed by atoms with Gasteiger partial charge in [-0.05, 0) is 40.7 Å². The van der Waals surface area contributed by atoms with Gasteiger partial charge in [0.2, 0.25) is 0 Å². The molecule has 5 nitrogen and oxygen atoms in total. The molecule has 0 radical (unpaired) electrons. The van der Waals surface area contributed by atoms with Gasteiger partial charge in [0.25, 0.3) is 0 Å². The number of urea groups is 1. The maximum Gasteiger partial charge on any atom is 0.317 e. The van der Waals surface area contributed by atoms with Crippen LogP contribution in [0.25, 0.3) is 0 Å². The topological polar surface area (TPSA) is 44.8 Å². The molecular formula is C31H39N3O2. The van der Waals surface area contributed by atoms with E-state index in [4.69, 9.17) is 4.74 Å². The molecule has 1 saturated heterocycles. The summed E-state index contributed by atoms with van der Waals surface area (Å²) >= 11 is 0. The largest absolute Gasteiger partial charge is 0.494 e. The lowest BCUT2D eigenvalue weighted by atomic mass is 9.87. The van der Waals surface area contributed by atoms with Crippen molar-refractivity contribution in [1.82, 2.24) is 15.1 Å². The summed E-state index contributed by atoms with van der Waals surface area (Å²) < 4.78 is 5.85. The van der Waals surface area contributed by atoms with Gasteiger partial charge in [0.15, 0.2) is 0 Å². The molecule has 0 atom stereocenters. The van der Waals surface area contributed by atoms with Crippen LogP contribution in [-0.4, -0.2) is 55.2 Å². The Balaban J connectivity index is 1.21. The molecule has 0 aromatic heterocycles. The number of piperazine rings is 1. The Labute approximate surface area is 216 Å². The number of ether oxygens (including phenoxy) is 1. The summed E-state index contributed by atoms with van der Waals surface area (Å²) in [4.78, 5) is 17.1. The van der Waals surface area contributed by atoms with E-state index in [1.54, 1.807) is 0 Å². The van der Waals surface area contributed by atoms with E-state index in [-0.39, 0.29) is 17.5 Å². The van der Waals surface area contributed by atoms with Crippen molar-refractivity contribution in [1.29, 1.82) is 0 Å². The minimum atomic E-state index is 0.0140. The molecule has 36 heavy (non-hydrogen) atoms. The molecule has 190 valence electrons. The number of hydrogen-bond donors (Lipinski definition) is 1. The molecule has 4 rings (SSSR count). The number of nitrogens with one attached hydrogen (secondary N) is 1. The Morgan fingerprint density at radius 2 is 1.39 bits per heavy atom. The van der Waals surface area contributed by atoms with Crippen LogP contribution in [0.1, 0.15) is 49.9 Å². The summed E-state index contributed by atoms with van der Waals surface area (Å²) in [6, 6.07) is 29.8. The van der Waals surface area contributed by atoms with E-state index in [0.29, 0.717) is 13.2 Å². The maximum absolute atomic E-state index is 12.7. The highest BCUT2D eigenvalue weighted by Crippen LogP contribution is 2.29. The molecular weight excluding hydrogens is 446 g/mol. The summed E-state index contributed by atoms with van der Waals surface area (Å²) in [6.07, 6.45) is 0.775. The highest BCUT2D eigenvalue weighted by atomic mass is 16.5. The molecule has 1 aliphatic heterocycles. The lowest BCUT2D eigenvalue weighted by Crippen LogP contribution is -2.52. The summed E-state index contributed by atoms with van der Waals surface area (Å²) in [5, 5.41) is 3.06. The number of nitrogens with zero attached hydrogens (tertiary/aromatic N) is 2. The second-order valence-corrected chi connectivity index (χ2v) is 10.5. The number of benzene rings is 3. The van der Waals surface area contributed by atoms with E-state index in [2.05, 4.69) is 104 Å². The van der Waals surface area contributed by atoms with Gasteiger partial charge in [-0.3, -0.25) is 4.90 Å². The smallest absolute Gasteiger partial charge is 0.317 e. The number of amides is 2. The Bertz CT molecular complexity index is 1030. The monoisotopic (exact) mass is 485 g/mol. The number of carbonyl (C=O) groups excluding carboxylic acids is 1. The zero-order valence-electron chi connectivity index (χ0n) is 21.8. The van der Waals surface area contributed by atoms with Gasteiger partial charge in [0.05, 0.1) is 12.6 Å². The number of carbonyl (C=O) groups is 1. The first-order valence-corrected chi connectivity index (χ1v) is 13.0. The van der Waals surface area contributed by atoms with Gasteiger partial charge in [-0.1, -0.05) is 93.6 Å². The van der Waals surface area contributed by atoms with Gasteiger partial charge in [-0.2, -0.15) is 0 Å². The molecule has 0 saturated carbocycles. The maximum atomic E-state index is 12.7. The van der Waals surface area contributed by atoms with Crippen LogP contribution in [-0.2, 0) is 5.41 Å². The van der Waals surface area contributed by atoms with Crippen molar-refractivity contribution in [3.8, 4) is 5.75 Å². The van der Waals surface area contributed by atoms with Gasteiger partial charge >= 0.3 is 6.03 Å². The molecule has 0 spiro atoms. The quantitative estimate of drug-likeness (QED) is 0.406. The van der Waals surface area contributed by atoms with Crippen molar-refractivity contribution in [2.75, 3.05) is 39.3 Å². The third-order valence-electron chi connectivity index (χ3n) is 6.78. The van der Waals surface area contributed by atoms with E-state index in [1.165, 1.54) is 16.7 Å². The fourth-order valence-electron chi connectivity index (χ4n) is 4.69. The SMILES string of the molecule is CC(C)(C)c1ccc(OCCCNC(=O)N2CCN(C(c3ccccc3)c3ccccc3)CC2)cc1. The van der Waals surface area contributed by atoms with Crippen molar-refractivity contribution >= 4 is 6.03 Å². The fraction of sp³-hybridized carbons (Fsp3) is 0.387. The van der Waals surface area contributed by atoms with E-state index >= 15 is 0 Å². The molecule has 3 aromatic rings. The molecule has 1 fully saturated rings. The molecule has 2 amide bonds.